The summed E-state index contributed by atoms with van der Waals surface area (Å²) in [6.07, 6.45) is 1.50. The highest BCUT2D eigenvalue weighted by atomic mass is 16.5. The van der Waals surface area contributed by atoms with Gasteiger partial charge < -0.3 is 15.8 Å². The maximum Gasteiger partial charge on any atom is 0.242 e. The second-order valence-electron chi connectivity index (χ2n) is 4.01. The zero-order chi connectivity index (χ0) is 12.8. The molecule has 0 aliphatic carbocycles. The maximum atomic E-state index is 11.6. The summed E-state index contributed by atoms with van der Waals surface area (Å²) < 4.78 is 6.39. The van der Waals surface area contributed by atoms with Crippen molar-refractivity contribution < 1.29 is 9.53 Å². The van der Waals surface area contributed by atoms with Gasteiger partial charge in [0.1, 0.15) is 12.9 Å². The van der Waals surface area contributed by atoms with Crippen LogP contribution in [-0.4, -0.2) is 40.4 Å². The topological polar surface area (TPSA) is 95.1 Å². The van der Waals surface area contributed by atoms with Gasteiger partial charge in [-0.2, -0.15) is 5.10 Å². The van der Waals surface area contributed by atoms with Crippen molar-refractivity contribution in [2.45, 2.75) is 32.5 Å². The largest absolute Gasteiger partial charge is 0.383 e. The molecule has 96 valence electrons. The molecular formula is C10H19N5O2. The van der Waals surface area contributed by atoms with E-state index < -0.39 is 0 Å². The molecule has 0 radical (unpaired) electrons. The van der Waals surface area contributed by atoms with E-state index in [0.29, 0.717) is 12.4 Å². The average molecular weight is 241 g/mol. The number of nitrogens with one attached hydrogen (secondary N) is 1. The van der Waals surface area contributed by atoms with E-state index in [4.69, 9.17) is 10.5 Å². The molecule has 7 nitrogen and oxygen atoms in total. The Bertz CT molecular complexity index is 363. The van der Waals surface area contributed by atoms with E-state index >= 15 is 0 Å². The van der Waals surface area contributed by atoms with Crippen molar-refractivity contribution >= 4 is 5.91 Å². The third-order valence-electron chi connectivity index (χ3n) is 2.09. The van der Waals surface area contributed by atoms with E-state index in [1.165, 1.54) is 11.0 Å². The van der Waals surface area contributed by atoms with Gasteiger partial charge in [0.05, 0.1) is 12.6 Å². The van der Waals surface area contributed by atoms with Crippen molar-refractivity contribution in [3.63, 3.8) is 0 Å². The van der Waals surface area contributed by atoms with Gasteiger partial charge in [-0.05, 0) is 13.8 Å². The number of nitrogens with two attached hydrogens (primary N) is 1. The molecule has 1 rings (SSSR count). The first-order valence-electron chi connectivity index (χ1n) is 5.46. The van der Waals surface area contributed by atoms with Gasteiger partial charge in [0.15, 0.2) is 5.82 Å². The van der Waals surface area contributed by atoms with Gasteiger partial charge in [0.2, 0.25) is 5.91 Å². The predicted octanol–water partition coefficient (Wildman–Crippen LogP) is -0.551. The average Bonchev–Trinajstić information content (AvgIpc) is 2.66. The number of amides is 1. The number of hydrogen-bond acceptors (Lipinski definition) is 5. The number of rotatable bonds is 6. The molecule has 0 saturated carbocycles. The third kappa shape index (κ3) is 4.49. The van der Waals surface area contributed by atoms with Crippen LogP contribution in [0.5, 0.6) is 0 Å². The van der Waals surface area contributed by atoms with Crippen molar-refractivity contribution in [3.8, 4) is 0 Å². The van der Waals surface area contributed by atoms with Crippen molar-refractivity contribution in [1.82, 2.24) is 20.1 Å². The van der Waals surface area contributed by atoms with Crippen LogP contribution in [0.25, 0.3) is 0 Å². The molecule has 0 bridgehead atoms. The van der Waals surface area contributed by atoms with E-state index in [2.05, 4.69) is 15.4 Å². The standard InChI is InChI=1S/C10H19N5O2/c1-7(5-17-3)13-9(16)4-15-6-12-10(14-15)8(2)11/h6-8H,4-5,11H2,1-3H3,(H,13,16). The zero-order valence-corrected chi connectivity index (χ0v) is 10.4. The first-order chi connectivity index (χ1) is 8.02. The van der Waals surface area contributed by atoms with Crippen LogP contribution >= 0.6 is 0 Å². The number of carbonyl (C=O) groups excluding carboxylic acids is 1. The van der Waals surface area contributed by atoms with Crippen LogP contribution in [0.1, 0.15) is 25.7 Å². The van der Waals surface area contributed by atoms with Gasteiger partial charge in [-0.3, -0.25) is 4.79 Å². The lowest BCUT2D eigenvalue weighted by Gasteiger charge is -2.12. The van der Waals surface area contributed by atoms with Gasteiger partial charge in [0.25, 0.3) is 0 Å². The lowest BCUT2D eigenvalue weighted by molar-refractivity contribution is -0.122. The summed E-state index contributed by atoms with van der Waals surface area (Å²) in [5, 5.41) is 6.88. The van der Waals surface area contributed by atoms with Gasteiger partial charge in [-0.1, -0.05) is 0 Å². The van der Waals surface area contributed by atoms with E-state index in [0.717, 1.165) is 0 Å². The quantitative estimate of drug-likeness (QED) is 0.696. The molecule has 0 fully saturated rings. The lowest BCUT2D eigenvalue weighted by Crippen LogP contribution is -2.37. The number of ether oxygens (including phenoxy) is 1. The molecule has 2 unspecified atom stereocenters. The number of nitrogens with zero attached hydrogens (tertiary/aromatic N) is 3. The first kappa shape index (κ1) is 13.6. The van der Waals surface area contributed by atoms with Crippen molar-refractivity contribution in [3.05, 3.63) is 12.2 Å². The van der Waals surface area contributed by atoms with Gasteiger partial charge in [-0.25, -0.2) is 9.67 Å². The molecule has 3 N–H and O–H groups in total. The third-order valence-corrected chi connectivity index (χ3v) is 2.09. The number of hydrogen-bond donors (Lipinski definition) is 2. The van der Waals surface area contributed by atoms with Crippen molar-refractivity contribution in [2.24, 2.45) is 5.73 Å². The fourth-order valence-electron chi connectivity index (χ4n) is 1.35. The van der Waals surface area contributed by atoms with Gasteiger partial charge in [-0.15, -0.1) is 0 Å². The minimum Gasteiger partial charge on any atom is -0.383 e. The number of aromatic nitrogens is 3. The summed E-state index contributed by atoms with van der Waals surface area (Å²) in [4.78, 5) is 15.6. The Balaban J connectivity index is 2.44. The van der Waals surface area contributed by atoms with E-state index in [9.17, 15) is 4.79 Å². The molecule has 17 heavy (non-hydrogen) atoms. The molecule has 1 aromatic heterocycles. The van der Waals surface area contributed by atoms with E-state index in [1.54, 1.807) is 14.0 Å². The second-order valence-corrected chi connectivity index (χ2v) is 4.01. The molecule has 2 atom stereocenters. The molecule has 0 aliphatic heterocycles. The van der Waals surface area contributed by atoms with Crippen LogP contribution in [0.15, 0.2) is 6.33 Å². The monoisotopic (exact) mass is 241 g/mol. The van der Waals surface area contributed by atoms with E-state index in [1.807, 2.05) is 6.92 Å². The fourth-order valence-corrected chi connectivity index (χ4v) is 1.35. The van der Waals surface area contributed by atoms with Crippen LogP contribution in [0.2, 0.25) is 0 Å². The highest BCUT2D eigenvalue weighted by Gasteiger charge is 2.10. The number of methoxy groups -OCH3 is 1. The molecular weight excluding hydrogens is 222 g/mol. The summed E-state index contributed by atoms with van der Waals surface area (Å²) in [6.45, 7) is 4.28. The summed E-state index contributed by atoms with van der Waals surface area (Å²) in [6, 6.07) is -0.254. The Morgan fingerprint density at radius 2 is 2.35 bits per heavy atom. The maximum absolute atomic E-state index is 11.6. The van der Waals surface area contributed by atoms with Crippen molar-refractivity contribution in [1.29, 1.82) is 0 Å². The van der Waals surface area contributed by atoms with E-state index in [-0.39, 0.29) is 24.5 Å². The fraction of sp³-hybridized carbons (Fsp3) is 0.700. The minimum absolute atomic E-state index is 0.0241. The second kappa shape index (κ2) is 6.31. The van der Waals surface area contributed by atoms with Crippen LogP contribution < -0.4 is 11.1 Å². The Labute approximate surface area is 100 Å². The summed E-state index contributed by atoms with van der Waals surface area (Å²) in [7, 11) is 1.59. The summed E-state index contributed by atoms with van der Waals surface area (Å²) in [5.74, 6) is 0.401. The Kier molecular flexibility index (Phi) is 5.05. The molecule has 1 amide bonds. The minimum atomic E-state index is -0.230. The Morgan fingerprint density at radius 3 is 2.88 bits per heavy atom. The smallest absolute Gasteiger partial charge is 0.242 e. The molecule has 0 aliphatic rings. The molecule has 0 saturated heterocycles. The predicted molar refractivity (Wildman–Crippen MR) is 62.1 cm³/mol. The highest BCUT2D eigenvalue weighted by molar-refractivity contribution is 5.75. The van der Waals surface area contributed by atoms with Crippen LogP contribution in [-0.2, 0) is 16.1 Å². The van der Waals surface area contributed by atoms with Gasteiger partial charge >= 0.3 is 0 Å². The summed E-state index contributed by atoms with van der Waals surface area (Å²) >= 11 is 0. The first-order valence-corrected chi connectivity index (χ1v) is 5.46. The Morgan fingerprint density at radius 1 is 1.65 bits per heavy atom. The number of carbonyl (C=O) groups is 1. The SMILES string of the molecule is COCC(C)NC(=O)Cn1cnc(C(C)N)n1. The van der Waals surface area contributed by atoms with Crippen LogP contribution in [0.3, 0.4) is 0 Å². The highest BCUT2D eigenvalue weighted by Crippen LogP contribution is 2.00. The molecule has 1 heterocycles. The van der Waals surface area contributed by atoms with Crippen LogP contribution in [0.4, 0.5) is 0 Å². The van der Waals surface area contributed by atoms with Crippen LogP contribution in [0, 0.1) is 0 Å². The molecule has 7 heteroatoms. The molecule has 1 aromatic rings. The lowest BCUT2D eigenvalue weighted by atomic mass is 10.3. The Hall–Kier alpha value is -1.47. The molecule has 0 aromatic carbocycles. The zero-order valence-electron chi connectivity index (χ0n) is 10.4. The summed E-state index contributed by atoms with van der Waals surface area (Å²) in [5.41, 5.74) is 5.62. The molecule has 0 spiro atoms. The normalized spacial score (nSPS) is 14.4. The van der Waals surface area contributed by atoms with Crippen molar-refractivity contribution in [2.75, 3.05) is 13.7 Å². The van der Waals surface area contributed by atoms with Gasteiger partial charge in [0, 0.05) is 13.2 Å².